The standard InChI is InChI=1S/C16H26N4O/c1-12-10-20(11-15(12)19(2)3)14(9-16(17)18-21)13-7-5-4-6-8-13/h4-8,12,14-15,21H,9-11H2,1-3H3,(H2,17,18). The third kappa shape index (κ3) is 3.74. The van der Waals surface area contributed by atoms with Crippen LogP contribution in [0.4, 0.5) is 0 Å². The third-order valence-electron chi connectivity index (χ3n) is 4.42. The van der Waals surface area contributed by atoms with Crippen molar-refractivity contribution < 1.29 is 5.21 Å². The minimum atomic E-state index is 0.162. The molecule has 3 unspecified atom stereocenters. The smallest absolute Gasteiger partial charge is 0.141 e. The van der Waals surface area contributed by atoms with E-state index in [4.69, 9.17) is 10.9 Å². The summed E-state index contributed by atoms with van der Waals surface area (Å²) in [6, 6.07) is 11.0. The molecule has 0 amide bonds. The molecule has 0 radical (unpaired) electrons. The molecule has 116 valence electrons. The minimum Gasteiger partial charge on any atom is -0.409 e. The second-order valence-electron chi connectivity index (χ2n) is 6.18. The van der Waals surface area contributed by atoms with E-state index in [9.17, 15) is 0 Å². The Hall–Kier alpha value is -1.59. The molecule has 0 bridgehead atoms. The second kappa shape index (κ2) is 6.91. The van der Waals surface area contributed by atoms with Crippen LogP contribution in [0.3, 0.4) is 0 Å². The highest BCUT2D eigenvalue weighted by Gasteiger charge is 2.35. The maximum absolute atomic E-state index is 8.90. The Labute approximate surface area is 127 Å². The predicted octanol–water partition coefficient (Wildman–Crippen LogP) is 1.75. The largest absolute Gasteiger partial charge is 0.409 e. The maximum atomic E-state index is 8.90. The van der Waals surface area contributed by atoms with Crippen molar-refractivity contribution >= 4 is 5.84 Å². The van der Waals surface area contributed by atoms with E-state index < -0.39 is 0 Å². The van der Waals surface area contributed by atoms with Crippen molar-refractivity contribution in [2.75, 3.05) is 27.2 Å². The Bertz CT molecular complexity index is 474. The van der Waals surface area contributed by atoms with E-state index in [-0.39, 0.29) is 11.9 Å². The molecule has 3 atom stereocenters. The average molecular weight is 290 g/mol. The summed E-state index contributed by atoms with van der Waals surface area (Å²) in [4.78, 5) is 4.74. The Balaban J connectivity index is 2.21. The van der Waals surface area contributed by atoms with Gasteiger partial charge in [0.25, 0.3) is 0 Å². The molecular formula is C16H26N4O. The Morgan fingerprint density at radius 1 is 1.38 bits per heavy atom. The lowest BCUT2D eigenvalue weighted by Crippen LogP contribution is -2.36. The van der Waals surface area contributed by atoms with Crippen LogP contribution in [0, 0.1) is 5.92 Å². The molecule has 1 aliphatic rings. The molecule has 0 aromatic heterocycles. The van der Waals surface area contributed by atoms with Gasteiger partial charge in [-0.25, -0.2) is 0 Å². The van der Waals surface area contributed by atoms with Crippen LogP contribution in [0.2, 0.25) is 0 Å². The summed E-state index contributed by atoms with van der Waals surface area (Å²) in [5.41, 5.74) is 6.99. The van der Waals surface area contributed by atoms with Crippen molar-refractivity contribution in [2.24, 2.45) is 16.8 Å². The van der Waals surface area contributed by atoms with Gasteiger partial charge in [0, 0.05) is 31.6 Å². The van der Waals surface area contributed by atoms with Crippen molar-refractivity contribution in [2.45, 2.75) is 25.4 Å². The first-order chi connectivity index (χ1) is 10.0. The molecule has 1 fully saturated rings. The quantitative estimate of drug-likeness (QED) is 0.375. The molecule has 1 aromatic carbocycles. The van der Waals surface area contributed by atoms with Crippen molar-refractivity contribution in [1.82, 2.24) is 9.80 Å². The molecule has 1 aromatic rings. The van der Waals surface area contributed by atoms with Crippen LogP contribution in [0.1, 0.15) is 24.9 Å². The summed E-state index contributed by atoms with van der Waals surface area (Å²) in [7, 11) is 4.26. The first kappa shape index (κ1) is 15.8. The van der Waals surface area contributed by atoms with E-state index in [1.165, 1.54) is 5.56 Å². The van der Waals surface area contributed by atoms with Gasteiger partial charge in [0.1, 0.15) is 5.84 Å². The highest BCUT2D eigenvalue weighted by atomic mass is 16.4. The SMILES string of the molecule is CC1CN(C(C/C(N)=N/O)c2ccccc2)CC1N(C)C. The number of hydrogen-bond acceptors (Lipinski definition) is 4. The van der Waals surface area contributed by atoms with Crippen molar-refractivity contribution in [1.29, 1.82) is 0 Å². The second-order valence-corrected chi connectivity index (χ2v) is 6.18. The molecule has 1 aliphatic heterocycles. The van der Waals surface area contributed by atoms with E-state index in [1.54, 1.807) is 0 Å². The molecule has 5 heteroatoms. The van der Waals surface area contributed by atoms with Gasteiger partial charge in [0.15, 0.2) is 0 Å². The normalized spacial score (nSPS) is 25.4. The van der Waals surface area contributed by atoms with Gasteiger partial charge in [-0.1, -0.05) is 42.4 Å². The van der Waals surface area contributed by atoms with Crippen molar-refractivity contribution in [3.63, 3.8) is 0 Å². The van der Waals surface area contributed by atoms with Gasteiger partial charge < -0.3 is 15.8 Å². The van der Waals surface area contributed by atoms with Crippen LogP contribution >= 0.6 is 0 Å². The average Bonchev–Trinajstić information content (AvgIpc) is 2.87. The predicted molar refractivity (Wildman–Crippen MR) is 85.4 cm³/mol. The number of oxime groups is 1. The molecule has 1 heterocycles. The summed E-state index contributed by atoms with van der Waals surface area (Å²) in [6.45, 7) is 4.32. The number of rotatable bonds is 5. The zero-order valence-electron chi connectivity index (χ0n) is 13.1. The fourth-order valence-corrected chi connectivity index (χ4v) is 3.28. The Morgan fingerprint density at radius 2 is 2.05 bits per heavy atom. The molecule has 0 spiro atoms. The summed E-state index contributed by atoms with van der Waals surface area (Å²) in [5.74, 6) is 0.892. The van der Waals surface area contributed by atoms with E-state index in [1.807, 2.05) is 18.2 Å². The van der Waals surface area contributed by atoms with Crippen molar-refractivity contribution in [3.8, 4) is 0 Å². The Kier molecular flexibility index (Phi) is 5.20. The van der Waals surface area contributed by atoms with Gasteiger partial charge >= 0.3 is 0 Å². The van der Waals surface area contributed by atoms with Crippen LogP contribution in [0.15, 0.2) is 35.5 Å². The maximum Gasteiger partial charge on any atom is 0.141 e. The zero-order chi connectivity index (χ0) is 15.4. The van der Waals surface area contributed by atoms with Gasteiger partial charge in [0.05, 0.1) is 0 Å². The monoisotopic (exact) mass is 290 g/mol. The number of likely N-dealkylation sites (N-methyl/N-ethyl adjacent to an activating group) is 1. The minimum absolute atomic E-state index is 0.162. The lowest BCUT2D eigenvalue weighted by molar-refractivity contribution is 0.217. The van der Waals surface area contributed by atoms with E-state index >= 15 is 0 Å². The Morgan fingerprint density at radius 3 is 2.57 bits per heavy atom. The summed E-state index contributed by atoms with van der Waals surface area (Å²) in [5, 5.41) is 12.1. The number of benzene rings is 1. The fraction of sp³-hybridized carbons (Fsp3) is 0.562. The van der Waals surface area contributed by atoms with Gasteiger partial charge in [-0.2, -0.15) is 0 Å². The number of amidine groups is 1. The van der Waals surface area contributed by atoms with E-state index in [0.29, 0.717) is 18.4 Å². The summed E-state index contributed by atoms with van der Waals surface area (Å²) in [6.07, 6.45) is 0.549. The molecule has 21 heavy (non-hydrogen) atoms. The van der Waals surface area contributed by atoms with Crippen LogP contribution in [-0.4, -0.2) is 54.1 Å². The fourth-order valence-electron chi connectivity index (χ4n) is 3.28. The summed E-state index contributed by atoms with van der Waals surface area (Å²) >= 11 is 0. The van der Waals surface area contributed by atoms with Crippen molar-refractivity contribution in [3.05, 3.63) is 35.9 Å². The van der Waals surface area contributed by atoms with Gasteiger partial charge in [0.2, 0.25) is 0 Å². The molecule has 0 aliphatic carbocycles. The number of hydrogen-bond donors (Lipinski definition) is 2. The first-order valence-electron chi connectivity index (χ1n) is 7.44. The number of nitrogens with two attached hydrogens (primary N) is 1. The molecule has 2 rings (SSSR count). The highest BCUT2D eigenvalue weighted by Crippen LogP contribution is 2.31. The van der Waals surface area contributed by atoms with E-state index in [2.05, 4.69) is 48.1 Å². The van der Waals surface area contributed by atoms with Gasteiger partial charge in [-0.15, -0.1) is 0 Å². The third-order valence-corrected chi connectivity index (χ3v) is 4.42. The molecule has 3 N–H and O–H groups in total. The molecule has 1 saturated heterocycles. The van der Waals surface area contributed by atoms with Crippen LogP contribution in [0.25, 0.3) is 0 Å². The molecule has 5 nitrogen and oxygen atoms in total. The van der Waals surface area contributed by atoms with Gasteiger partial charge in [-0.3, -0.25) is 4.90 Å². The zero-order valence-corrected chi connectivity index (χ0v) is 13.1. The van der Waals surface area contributed by atoms with Gasteiger partial charge in [-0.05, 0) is 25.6 Å². The first-order valence-corrected chi connectivity index (χ1v) is 7.44. The topological polar surface area (TPSA) is 65.1 Å². The lowest BCUT2D eigenvalue weighted by Gasteiger charge is -2.29. The molecule has 0 saturated carbocycles. The van der Waals surface area contributed by atoms with E-state index in [0.717, 1.165) is 13.1 Å². The highest BCUT2D eigenvalue weighted by molar-refractivity contribution is 5.80. The van der Waals surface area contributed by atoms with Crippen LogP contribution in [-0.2, 0) is 0 Å². The number of likely N-dealkylation sites (tertiary alicyclic amines) is 1. The summed E-state index contributed by atoms with van der Waals surface area (Å²) < 4.78 is 0. The van der Waals surface area contributed by atoms with Crippen LogP contribution in [0.5, 0.6) is 0 Å². The lowest BCUT2D eigenvalue weighted by atomic mass is 10.0. The number of nitrogens with zero attached hydrogens (tertiary/aromatic N) is 3. The van der Waals surface area contributed by atoms with Crippen LogP contribution < -0.4 is 5.73 Å². The molecular weight excluding hydrogens is 264 g/mol.